The number of carbonyl (C=O) groups is 4. The lowest BCUT2D eigenvalue weighted by molar-refractivity contribution is -0.167. The Morgan fingerprint density at radius 3 is 2.22 bits per heavy atom. The second-order valence-electron chi connectivity index (χ2n) is 12.7. The molecule has 1 aliphatic rings. The Labute approximate surface area is 316 Å². The summed E-state index contributed by atoms with van der Waals surface area (Å²) in [5.41, 5.74) is -0.112. The normalized spacial score (nSPS) is 15.9. The van der Waals surface area contributed by atoms with Crippen LogP contribution in [0.4, 0.5) is 13.6 Å². The second-order valence-corrected chi connectivity index (χ2v) is 16.7. The number of ether oxygens (including phenoxy) is 3. The predicted molar refractivity (Wildman–Crippen MR) is 192 cm³/mol. The number of carbonyl (C=O) groups excluding carboxylic acids is 4. The highest BCUT2D eigenvalue weighted by Gasteiger charge is 2.58. The van der Waals surface area contributed by atoms with Crippen molar-refractivity contribution in [2.75, 3.05) is 19.7 Å². The SMILES string of the molecule is CCOC(=O)CCCCCCN1C(=O)CC[C@@H]1/C=C/[C@@H](OC(=O)Cc1ccc(OC(=O)NCCC(O)(P(=O)(O)O)P(=O)(O)O)cc1)C(F)(F)c1ccccc1. The Morgan fingerprint density at radius 1 is 0.964 bits per heavy atom. The van der Waals surface area contributed by atoms with Gasteiger partial charge in [0, 0.05) is 37.9 Å². The molecule has 16 nitrogen and oxygen atoms in total. The number of nitrogens with one attached hydrogen (secondary N) is 1. The number of nitrogens with zero attached hydrogens (tertiary/aromatic N) is 1. The summed E-state index contributed by atoms with van der Waals surface area (Å²) in [6.07, 6.45) is 1.36. The number of alkyl halides is 2. The van der Waals surface area contributed by atoms with E-state index in [4.69, 9.17) is 14.2 Å². The van der Waals surface area contributed by atoms with Crippen LogP contribution in [0.3, 0.4) is 0 Å². The van der Waals surface area contributed by atoms with Gasteiger partial charge >= 0.3 is 39.1 Å². The number of unbranched alkanes of at least 4 members (excludes halogenated alkanes) is 3. The molecule has 2 aromatic rings. The van der Waals surface area contributed by atoms with Gasteiger partial charge in [0.15, 0.2) is 6.10 Å². The van der Waals surface area contributed by atoms with E-state index in [1.807, 2.05) is 5.32 Å². The van der Waals surface area contributed by atoms with Gasteiger partial charge in [-0.3, -0.25) is 23.5 Å². The Balaban J connectivity index is 1.61. The highest BCUT2D eigenvalue weighted by atomic mass is 31.2. The van der Waals surface area contributed by atoms with E-state index in [2.05, 4.69) is 0 Å². The monoisotopic (exact) mass is 818 g/mol. The van der Waals surface area contributed by atoms with E-state index in [0.29, 0.717) is 38.8 Å². The Morgan fingerprint density at radius 2 is 1.60 bits per heavy atom. The maximum absolute atomic E-state index is 15.9. The van der Waals surface area contributed by atoms with Gasteiger partial charge in [-0.05, 0) is 50.0 Å². The summed E-state index contributed by atoms with van der Waals surface area (Å²) >= 11 is 0. The molecule has 2 atom stereocenters. The van der Waals surface area contributed by atoms with Crippen LogP contribution in [0.2, 0.25) is 0 Å². The molecule has 1 fully saturated rings. The number of aliphatic hydroxyl groups is 1. The van der Waals surface area contributed by atoms with E-state index in [0.717, 1.165) is 18.9 Å². The van der Waals surface area contributed by atoms with Crippen LogP contribution in [0.5, 0.6) is 5.75 Å². The molecule has 55 heavy (non-hydrogen) atoms. The minimum Gasteiger partial charge on any atom is -0.466 e. The molecule has 20 heteroatoms. The molecule has 3 rings (SSSR count). The summed E-state index contributed by atoms with van der Waals surface area (Å²) in [4.78, 5) is 87.7. The fraction of sp³-hybridized carbons (Fsp3) is 0.486. The third kappa shape index (κ3) is 13.3. The van der Waals surface area contributed by atoms with E-state index < -0.39 is 75.4 Å². The van der Waals surface area contributed by atoms with Crippen molar-refractivity contribution in [3.8, 4) is 5.75 Å². The van der Waals surface area contributed by atoms with Crippen LogP contribution in [-0.2, 0) is 45.3 Å². The van der Waals surface area contributed by atoms with Gasteiger partial charge in [-0.25, -0.2) is 4.79 Å². The minimum atomic E-state index is -5.72. The number of halogens is 2. The highest BCUT2D eigenvalue weighted by molar-refractivity contribution is 7.72. The molecule has 0 radical (unpaired) electrons. The van der Waals surface area contributed by atoms with Crippen LogP contribution < -0.4 is 10.1 Å². The number of benzene rings is 2. The van der Waals surface area contributed by atoms with Crippen molar-refractivity contribution in [2.45, 2.75) is 87.9 Å². The number of rotatable bonds is 21. The molecule has 304 valence electrons. The van der Waals surface area contributed by atoms with Crippen LogP contribution in [0.15, 0.2) is 66.7 Å². The fourth-order valence-corrected chi connectivity index (χ4v) is 7.80. The minimum absolute atomic E-state index is 0.0985. The van der Waals surface area contributed by atoms with Crippen molar-refractivity contribution in [3.05, 3.63) is 77.9 Å². The summed E-state index contributed by atoms with van der Waals surface area (Å²) in [5.74, 6) is -5.15. The summed E-state index contributed by atoms with van der Waals surface area (Å²) in [7, 11) is -11.4. The number of amides is 2. The van der Waals surface area contributed by atoms with Crippen molar-refractivity contribution in [2.24, 2.45) is 0 Å². The highest BCUT2D eigenvalue weighted by Crippen LogP contribution is 2.68. The lowest BCUT2D eigenvalue weighted by atomic mass is 10.0. The number of hydrogen-bond donors (Lipinski definition) is 6. The molecule has 1 heterocycles. The van der Waals surface area contributed by atoms with Crippen molar-refractivity contribution in [1.29, 1.82) is 0 Å². The van der Waals surface area contributed by atoms with Gasteiger partial charge in [0.2, 0.25) is 5.91 Å². The van der Waals surface area contributed by atoms with Crippen molar-refractivity contribution < 1.29 is 76.0 Å². The van der Waals surface area contributed by atoms with Crippen molar-refractivity contribution in [3.63, 3.8) is 0 Å². The first kappa shape index (κ1) is 45.4. The maximum Gasteiger partial charge on any atom is 0.412 e. The zero-order valence-electron chi connectivity index (χ0n) is 30.0. The lowest BCUT2D eigenvalue weighted by Gasteiger charge is -2.29. The molecule has 1 aliphatic heterocycles. The molecular weight excluding hydrogens is 772 g/mol. The molecular formula is C35H46F2N2O14P2. The molecule has 0 aromatic heterocycles. The number of hydrogen-bond acceptors (Lipinski definition) is 10. The van der Waals surface area contributed by atoms with Gasteiger partial charge in [0.25, 0.3) is 5.08 Å². The van der Waals surface area contributed by atoms with Gasteiger partial charge in [-0.1, -0.05) is 61.4 Å². The van der Waals surface area contributed by atoms with Gasteiger partial charge in [0.05, 0.1) is 19.1 Å². The van der Waals surface area contributed by atoms with Crippen LogP contribution >= 0.6 is 15.2 Å². The molecule has 2 amide bonds. The van der Waals surface area contributed by atoms with Crippen molar-refractivity contribution >= 4 is 39.1 Å². The van der Waals surface area contributed by atoms with Gasteiger partial charge < -0.3 is 49.1 Å². The Kier molecular flexibility index (Phi) is 16.7. The van der Waals surface area contributed by atoms with Gasteiger partial charge in [0.1, 0.15) is 5.75 Å². The zero-order valence-corrected chi connectivity index (χ0v) is 31.8. The largest absolute Gasteiger partial charge is 0.466 e. The number of esters is 2. The predicted octanol–water partition coefficient (Wildman–Crippen LogP) is 4.47. The Hall–Kier alpha value is -4.02. The van der Waals surface area contributed by atoms with E-state index in [1.54, 1.807) is 17.9 Å². The summed E-state index contributed by atoms with van der Waals surface area (Å²) < 4.78 is 69.8. The van der Waals surface area contributed by atoms with E-state index in [9.17, 15) is 53.0 Å². The fourth-order valence-electron chi connectivity index (χ4n) is 5.63. The van der Waals surface area contributed by atoms with E-state index in [1.165, 1.54) is 54.6 Å². The first-order chi connectivity index (χ1) is 25.8. The lowest BCUT2D eigenvalue weighted by Crippen LogP contribution is -2.36. The summed E-state index contributed by atoms with van der Waals surface area (Å²) in [6, 6.07) is 11.5. The zero-order chi connectivity index (χ0) is 40.9. The first-order valence-electron chi connectivity index (χ1n) is 17.4. The summed E-state index contributed by atoms with van der Waals surface area (Å²) in [6.45, 7) is 1.65. The van der Waals surface area contributed by atoms with Gasteiger partial charge in [-0.15, -0.1) is 0 Å². The average Bonchev–Trinajstić information content (AvgIpc) is 3.46. The molecule has 0 aliphatic carbocycles. The third-order valence-corrected chi connectivity index (χ3v) is 12.5. The molecule has 0 bridgehead atoms. The molecule has 2 aromatic carbocycles. The van der Waals surface area contributed by atoms with Crippen molar-refractivity contribution in [1.82, 2.24) is 10.2 Å². The second kappa shape index (κ2) is 20.2. The van der Waals surface area contributed by atoms with Crippen LogP contribution in [0, 0.1) is 0 Å². The molecule has 0 saturated carbocycles. The van der Waals surface area contributed by atoms with E-state index >= 15 is 8.78 Å². The molecule has 0 spiro atoms. The average molecular weight is 819 g/mol. The topological polar surface area (TPSA) is 247 Å². The van der Waals surface area contributed by atoms with Crippen LogP contribution in [0.25, 0.3) is 0 Å². The number of likely N-dealkylation sites (tertiary alicyclic amines) is 1. The van der Waals surface area contributed by atoms with Crippen LogP contribution in [-0.4, -0.2) is 90.4 Å². The van der Waals surface area contributed by atoms with Gasteiger partial charge in [-0.2, -0.15) is 8.78 Å². The summed E-state index contributed by atoms with van der Waals surface area (Å²) in [5, 5.41) is 8.16. The Bertz CT molecular complexity index is 1710. The van der Waals surface area contributed by atoms with Crippen LogP contribution in [0.1, 0.15) is 69.4 Å². The first-order valence-corrected chi connectivity index (χ1v) is 20.7. The third-order valence-electron chi connectivity index (χ3n) is 8.64. The molecule has 1 saturated heterocycles. The standard InChI is InChI=1S/C35H46F2N2O14P2/c1-2-51-31(41)12-8-3-4-9-23-39-27(16-20-30(39)40)15-19-29(35(36,37)26-10-6-5-7-11-26)53-32(42)24-25-13-17-28(18-14-25)52-33(43)38-22-21-34(44,54(45,46)47)55(48,49)50/h5-7,10-11,13-15,17-19,27,29,44H,2-4,8-9,12,16,20-24H2,1H3,(H,38,43)(H2,45,46,47)(H2,48,49,50)/b19-15+/t27-,29+/m0/s1. The smallest absolute Gasteiger partial charge is 0.412 e. The van der Waals surface area contributed by atoms with E-state index in [-0.39, 0.29) is 29.6 Å². The molecule has 0 unspecified atom stereocenters. The quantitative estimate of drug-likeness (QED) is 0.0441. The maximum atomic E-state index is 15.9. The molecule has 6 N–H and O–H groups in total.